The fourth-order valence-electron chi connectivity index (χ4n) is 5.06. The van der Waals surface area contributed by atoms with E-state index in [-0.39, 0.29) is 17.4 Å². The molecule has 0 aliphatic carbocycles. The fourth-order valence-corrected chi connectivity index (χ4v) is 5.06. The summed E-state index contributed by atoms with van der Waals surface area (Å²) in [4.78, 5) is 0. The Morgan fingerprint density at radius 2 is 1.69 bits per heavy atom. The zero-order valence-electron chi connectivity index (χ0n) is 19.1. The van der Waals surface area contributed by atoms with Gasteiger partial charge in [-0.25, -0.2) is 4.39 Å². The van der Waals surface area contributed by atoms with Crippen molar-refractivity contribution < 1.29 is 23.0 Å². The lowest BCUT2D eigenvalue weighted by Gasteiger charge is -2.38. The van der Waals surface area contributed by atoms with Gasteiger partial charge in [-0.3, -0.25) is 0 Å². The van der Waals surface area contributed by atoms with E-state index in [4.69, 9.17) is 14.2 Å². The Bertz CT molecular complexity index is 867. The van der Waals surface area contributed by atoms with Crippen molar-refractivity contribution in [2.75, 3.05) is 19.8 Å². The highest BCUT2D eigenvalue weighted by Crippen LogP contribution is 2.37. The third kappa shape index (κ3) is 5.15. The van der Waals surface area contributed by atoms with Crippen LogP contribution in [-0.2, 0) is 9.47 Å². The zero-order valence-corrected chi connectivity index (χ0v) is 19.1. The zero-order chi connectivity index (χ0) is 22.5. The summed E-state index contributed by atoms with van der Waals surface area (Å²) >= 11 is 0. The molecule has 2 heterocycles. The first kappa shape index (κ1) is 23.2. The Morgan fingerprint density at radius 1 is 0.875 bits per heavy atom. The predicted molar refractivity (Wildman–Crippen MR) is 122 cm³/mol. The van der Waals surface area contributed by atoms with E-state index < -0.39 is 11.6 Å². The maximum atomic E-state index is 14.5. The number of hydrogen-bond donors (Lipinski definition) is 0. The summed E-state index contributed by atoms with van der Waals surface area (Å²) in [5, 5.41) is 0. The summed E-state index contributed by atoms with van der Waals surface area (Å²) in [6, 6.07) is 10.6. The molecule has 32 heavy (non-hydrogen) atoms. The molecule has 4 atom stereocenters. The van der Waals surface area contributed by atoms with Crippen LogP contribution in [0.4, 0.5) is 8.78 Å². The smallest absolute Gasteiger partial charge is 0.201 e. The van der Waals surface area contributed by atoms with Gasteiger partial charge in [-0.1, -0.05) is 37.6 Å². The second kappa shape index (κ2) is 10.8. The van der Waals surface area contributed by atoms with Crippen LogP contribution in [0.5, 0.6) is 5.75 Å². The summed E-state index contributed by atoms with van der Waals surface area (Å²) in [6.07, 6.45) is 7.31. The lowest BCUT2D eigenvalue weighted by atomic mass is 9.85. The number of halogens is 2. The van der Waals surface area contributed by atoms with Crippen LogP contribution >= 0.6 is 0 Å². The first-order valence-electron chi connectivity index (χ1n) is 12.0. The molecule has 2 saturated heterocycles. The Morgan fingerprint density at radius 3 is 2.31 bits per heavy atom. The summed E-state index contributed by atoms with van der Waals surface area (Å²) < 4.78 is 46.3. The molecular formula is C27H34F2O3. The average Bonchev–Trinajstić information content (AvgIpc) is 2.83. The molecule has 2 aromatic carbocycles. The number of hydrogen-bond acceptors (Lipinski definition) is 3. The number of rotatable bonds is 7. The van der Waals surface area contributed by atoms with Crippen molar-refractivity contribution in [1.82, 2.24) is 0 Å². The monoisotopic (exact) mass is 444 g/mol. The van der Waals surface area contributed by atoms with Crippen molar-refractivity contribution in [1.29, 1.82) is 0 Å². The van der Waals surface area contributed by atoms with Crippen molar-refractivity contribution in [3.05, 3.63) is 53.6 Å². The summed E-state index contributed by atoms with van der Waals surface area (Å²) in [5.74, 6) is -0.691. The second-order valence-electron chi connectivity index (χ2n) is 9.06. The highest BCUT2D eigenvalue weighted by molar-refractivity contribution is 5.65. The Balaban J connectivity index is 1.34. The van der Waals surface area contributed by atoms with Gasteiger partial charge in [-0.2, -0.15) is 4.39 Å². The molecule has 0 amide bonds. The largest absolute Gasteiger partial charge is 0.491 e. The first-order valence-corrected chi connectivity index (χ1v) is 12.0. The van der Waals surface area contributed by atoms with Crippen molar-refractivity contribution in [3.8, 4) is 16.9 Å². The van der Waals surface area contributed by atoms with Gasteiger partial charge in [-0.15, -0.1) is 0 Å². The summed E-state index contributed by atoms with van der Waals surface area (Å²) in [5.41, 5.74) is 1.95. The van der Waals surface area contributed by atoms with Gasteiger partial charge in [0.05, 0.1) is 25.4 Å². The minimum atomic E-state index is -0.943. The minimum Gasteiger partial charge on any atom is -0.491 e. The minimum absolute atomic E-state index is 0.0404. The van der Waals surface area contributed by atoms with Gasteiger partial charge in [0.1, 0.15) is 0 Å². The van der Waals surface area contributed by atoms with E-state index in [1.165, 1.54) is 25.3 Å². The highest BCUT2D eigenvalue weighted by atomic mass is 19.2. The van der Waals surface area contributed by atoms with E-state index in [0.29, 0.717) is 30.8 Å². The van der Waals surface area contributed by atoms with Gasteiger partial charge in [0.15, 0.2) is 11.6 Å². The van der Waals surface area contributed by atoms with Gasteiger partial charge < -0.3 is 14.2 Å². The molecule has 2 aromatic rings. The van der Waals surface area contributed by atoms with Gasteiger partial charge in [0, 0.05) is 18.1 Å². The molecule has 174 valence electrons. The summed E-state index contributed by atoms with van der Waals surface area (Å²) in [7, 11) is 0. The Kier molecular flexibility index (Phi) is 7.80. The normalized spacial score (nSPS) is 26.1. The second-order valence-corrected chi connectivity index (χ2v) is 9.06. The average molecular weight is 445 g/mol. The molecule has 0 saturated carbocycles. The first-order chi connectivity index (χ1) is 15.6. The Hall–Kier alpha value is -1.98. The van der Waals surface area contributed by atoms with Gasteiger partial charge >= 0.3 is 0 Å². The number of ether oxygens (including phenoxy) is 3. The fraction of sp³-hybridized carbons (Fsp3) is 0.556. The van der Waals surface area contributed by atoms with Crippen LogP contribution in [0.1, 0.15) is 64.0 Å². The maximum absolute atomic E-state index is 14.5. The molecular weight excluding hydrogens is 410 g/mol. The van der Waals surface area contributed by atoms with Crippen LogP contribution < -0.4 is 4.74 Å². The molecule has 2 aliphatic heterocycles. The van der Waals surface area contributed by atoms with Crippen molar-refractivity contribution in [3.63, 3.8) is 0 Å². The van der Waals surface area contributed by atoms with Crippen LogP contribution in [0, 0.1) is 23.5 Å². The standard InChI is InChI=1S/C27H34F2O3/c1-3-5-18-6-13-24(31-16-18)21-11-14-23(32-17-21)20-9-7-19(8-10-20)22-12-15-25(30-4-2)27(29)26(22)28/h7-10,12,15,18,21,23-24H,3-6,11,13-14,16-17H2,1-2H3. The van der Waals surface area contributed by atoms with E-state index >= 15 is 0 Å². The van der Waals surface area contributed by atoms with Crippen molar-refractivity contribution in [2.45, 2.75) is 64.6 Å². The predicted octanol–water partition coefficient (Wildman–Crippen LogP) is 7.09. The quantitative estimate of drug-likeness (QED) is 0.456. The molecule has 0 N–H and O–H groups in total. The van der Waals surface area contributed by atoms with E-state index in [9.17, 15) is 8.78 Å². The van der Waals surface area contributed by atoms with E-state index in [1.807, 2.05) is 24.3 Å². The molecule has 3 nitrogen and oxygen atoms in total. The lowest BCUT2D eigenvalue weighted by molar-refractivity contribution is -0.104. The van der Waals surface area contributed by atoms with Gasteiger partial charge in [-0.05, 0) is 68.2 Å². The molecule has 4 rings (SSSR count). The van der Waals surface area contributed by atoms with Crippen LogP contribution in [-0.4, -0.2) is 25.9 Å². The van der Waals surface area contributed by atoms with Crippen LogP contribution in [0.15, 0.2) is 36.4 Å². The molecule has 2 aliphatic rings. The van der Waals surface area contributed by atoms with E-state index in [1.54, 1.807) is 13.0 Å². The molecule has 0 aromatic heterocycles. The van der Waals surface area contributed by atoms with Crippen molar-refractivity contribution in [2.24, 2.45) is 11.8 Å². The van der Waals surface area contributed by atoms with Crippen LogP contribution in [0.2, 0.25) is 0 Å². The molecule has 5 heteroatoms. The Labute approximate surface area is 190 Å². The number of benzene rings is 2. The van der Waals surface area contributed by atoms with Gasteiger partial charge in [0.25, 0.3) is 0 Å². The molecule has 0 bridgehead atoms. The van der Waals surface area contributed by atoms with Gasteiger partial charge in [0.2, 0.25) is 5.82 Å². The highest BCUT2D eigenvalue weighted by Gasteiger charge is 2.32. The topological polar surface area (TPSA) is 27.7 Å². The maximum Gasteiger partial charge on any atom is 0.201 e. The third-order valence-corrected chi connectivity index (χ3v) is 6.88. The van der Waals surface area contributed by atoms with E-state index in [2.05, 4.69) is 6.92 Å². The molecule has 2 fully saturated rings. The van der Waals surface area contributed by atoms with Crippen molar-refractivity contribution >= 4 is 0 Å². The van der Waals surface area contributed by atoms with Crippen LogP contribution in [0.3, 0.4) is 0 Å². The lowest BCUT2D eigenvalue weighted by Crippen LogP contribution is -2.36. The molecule has 0 spiro atoms. The van der Waals surface area contributed by atoms with Crippen LogP contribution in [0.25, 0.3) is 11.1 Å². The molecule has 0 radical (unpaired) electrons. The molecule has 4 unspecified atom stereocenters. The summed E-state index contributed by atoms with van der Waals surface area (Å²) in [6.45, 7) is 5.88. The third-order valence-electron chi connectivity index (χ3n) is 6.88. The van der Waals surface area contributed by atoms with E-state index in [0.717, 1.165) is 37.4 Å². The SMILES string of the molecule is CCCC1CCC(C2CCC(c3ccc(-c4ccc(OCC)c(F)c4F)cc3)OC2)OC1.